The SMILES string of the molecule is CNc1cc2nc(N[C@@H](C)c3cccnc3)nc(C(=O)N3CCC(O)C3)c2s1. The first kappa shape index (κ1) is 18.6. The first-order valence-electron chi connectivity index (χ1n) is 9.18. The van der Waals surface area contributed by atoms with Gasteiger partial charge >= 0.3 is 0 Å². The van der Waals surface area contributed by atoms with E-state index in [2.05, 4.69) is 25.6 Å². The average molecular weight is 398 g/mol. The van der Waals surface area contributed by atoms with Crippen molar-refractivity contribution in [3.63, 3.8) is 0 Å². The molecule has 0 bridgehead atoms. The van der Waals surface area contributed by atoms with E-state index in [1.807, 2.05) is 32.2 Å². The smallest absolute Gasteiger partial charge is 0.274 e. The lowest BCUT2D eigenvalue weighted by Crippen LogP contribution is -2.30. The van der Waals surface area contributed by atoms with Gasteiger partial charge < -0.3 is 20.6 Å². The van der Waals surface area contributed by atoms with Crippen molar-refractivity contribution in [2.45, 2.75) is 25.5 Å². The molecule has 3 N–H and O–H groups in total. The summed E-state index contributed by atoms with van der Waals surface area (Å²) in [4.78, 5) is 28.0. The first-order chi connectivity index (χ1) is 13.5. The number of hydrogen-bond donors (Lipinski definition) is 3. The lowest BCUT2D eigenvalue weighted by atomic mass is 10.1. The van der Waals surface area contributed by atoms with Gasteiger partial charge in [0.1, 0.15) is 0 Å². The molecule has 1 aliphatic heterocycles. The van der Waals surface area contributed by atoms with Gasteiger partial charge in [0.05, 0.1) is 27.4 Å². The highest BCUT2D eigenvalue weighted by Crippen LogP contribution is 2.32. The first-order valence-corrected chi connectivity index (χ1v) is 10.00. The Morgan fingerprint density at radius 2 is 2.29 bits per heavy atom. The highest BCUT2D eigenvalue weighted by atomic mass is 32.1. The molecule has 28 heavy (non-hydrogen) atoms. The van der Waals surface area contributed by atoms with Crippen LogP contribution in [-0.4, -0.2) is 57.1 Å². The molecule has 1 fully saturated rings. The molecule has 8 nitrogen and oxygen atoms in total. The van der Waals surface area contributed by atoms with Crippen LogP contribution in [0.2, 0.25) is 0 Å². The summed E-state index contributed by atoms with van der Waals surface area (Å²) in [6.07, 6.45) is 3.64. The van der Waals surface area contributed by atoms with Crippen molar-refractivity contribution in [2.24, 2.45) is 0 Å². The van der Waals surface area contributed by atoms with Gasteiger partial charge in [0.15, 0.2) is 5.69 Å². The Balaban J connectivity index is 1.70. The van der Waals surface area contributed by atoms with Crippen LogP contribution < -0.4 is 10.6 Å². The molecule has 9 heteroatoms. The Morgan fingerprint density at radius 3 is 2.96 bits per heavy atom. The van der Waals surface area contributed by atoms with Crippen LogP contribution in [-0.2, 0) is 0 Å². The van der Waals surface area contributed by atoms with Crippen LogP contribution in [0.3, 0.4) is 0 Å². The Hall–Kier alpha value is -2.78. The van der Waals surface area contributed by atoms with Crippen LogP contribution in [0.1, 0.15) is 35.4 Å². The highest BCUT2D eigenvalue weighted by Gasteiger charge is 2.29. The van der Waals surface area contributed by atoms with Crippen LogP contribution in [0, 0.1) is 0 Å². The number of anilines is 2. The van der Waals surface area contributed by atoms with Gasteiger partial charge in [0.2, 0.25) is 5.95 Å². The Morgan fingerprint density at radius 1 is 1.43 bits per heavy atom. The maximum Gasteiger partial charge on any atom is 0.274 e. The van der Waals surface area contributed by atoms with Crippen LogP contribution in [0.5, 0.6) is 0 Å². The standard InChI is InChI=1S/C19H22N6O2S/c1-11(12-4-3-6-21-9-12)22-19-23-14-8-15(20-2)28-17(14)16(24-19)18(27)25-7-5-13(26)10-25/h3-4,6,8-9,11,13,20,26H,5,7,10H2,1-2H3,(H,22,23,24)/t11-,13?/m0/s1. The number of carbonyl (C=O) groups is 1. The van der Waals surface area contributed by atoms with Gasteiger partial charge in [-0.1, -0.05) is 6.07 Å². The molecule has 0 radical (unpaired) electrons. The summed E-state index contributed by atoms with van der Waals surface area (Å²) < 4.78 is 0.746. The lowest BCUT2D eigenvalue weighted by Gasteiger charge is -2.17. The molecule has 0 spiro atoms. The van der Waals surface area contributed by atoms with E-state index < -0.39 is 6.10 Å². The topological polar surface area (TPSA) is 103 Å². The number of rotatable bonds is 5. The average Bonchev–Trinajstić information content (AvgIpc) is 3.33. The van der Waals surface area contributed by atoms with E-state index in [1.54, 1.807) is 17.3 Å². The van der Waals surface area contributed by atoms with Gasteiger partial charge in [-0.3, -0.25) is 9.78 Å². The minimum atomic E-state index is -0.472. The molecule has 0 aromatic carbocycles. The van der Waals surface area contributed by atoms with Gasteiger partial charge in [-0.25, -0.2) is 9.97 Å². The normalized spacial score (nSPS) is 17.7. The number of fused-ring (bicyclic) bond motifs is 1. The fraction of sp³-hybridized carbons (Fsp3) is 0.368. The Labute approximate surface area is 166 Å². The molecular weight excluding hydrogens is 376 g/mol. The number of aliphatic hydroxyl groups excluding tert-OH is 1. The number of likely N-dealkylation sites (tertiary alicyclic amines) is 1. The van der Waals surface area contributed by atoms with Crippen molar-refractivity contribution in [1.29, 1.82) is 0 Å². The number of aromatic nitrogens is 3. The van der Waals surface area contributed by atoms with Gasteiger partial charge in [-0.15, -0.1) is 11.3 Å². The minimum Gasteiger partial charge on any atom is -0.391 e. The number of carbonyl (C=O) groups excluding carboxylic acids is 1. The van der Waals surface area contributed by atoms with Gasteiger partial charge in [0.25, 0.3) is 5.91 Å². The summed E-state index contributed by atoms with van der Waals surface area (Å²) >= 11 is 1.45. The summed E-state index contributed by atoms with van der Waals surface area (Å²) in [5, 5.41) is 17.1. The van der Waals surface area contributed by atoms with E-state index >= 15 is 0 Å². The molecule has 146 valence electrons. The molecule has 0 aliphatic carbocycles. The summed E-state index contributed by atoms with van der Waals surface area (Å²) in [7, 11) is 1.83. The van der Waals surface area contributed by atoms with Crippen LogP contribution in [0.25, 0.3) is 10.2 Å². The van der Waals surface area contributed by atoms with Crippen LogP contribution in [0.4, 0.5) is 10.9 Å². The predicted molar refractivity (Wildman–Crippen MR) is 110 cm³/mol. The second-order valence-electron chi connectivity index (χ2n) is 6.82. The highest BCUT2D eigenvalue weighted by molar-refractivity contribution is 7.23. The zero-order valence-corrected chi connectivity index (χ0v) is 16.5. The number of aliphatic hydroxyl groups is 1. The Bertz CT molecular complexity index is 993. The molecule has 1 saturated heterocycles. The van der Waals surface area contributed by atoms with E-state index in [-0.39, 0.29) is 11.9 Å². The summed E-state index contributed by atoms with van der Waals surface area (Å²) in [5.74, 6) is 0.220. The zero-order valence-electron chi connectivity index (χ0n) is 15.7. The predicted octanol–water partition coefficient (Wildman–Crippen LogP) is 2.51. The molecule has 4 heterocycles. The third-order valence-corrected chi connectivity index (χ3v) is 5.95. The number of thiophene rings is 1. The third kappa shape index (κ3) is 3.63. The van der Waals surface area contributed by atoms with Crippen molar-refractivity contribution < 1.29 is 9.90 Å². The summed E-state index contributed by atoms with van der Waals surface area (Å²) in [6.45, 7) is 2.86. The molecule has 3 aromatic heterocycles. The molecule has 4 rings (SSSR count). The molecule has 0 saturated carbocycles. The number of nitrogens with zero attached hydrogens (tertiary/aromatic N) is 4. The third-order valence-electron chi connectivity index (χ3n) is 4.80. The number of amides is 1. The molecule has 3 aromatic rings. The van der Waals surface area contributed by atoms with E-state index in [9.17, 15) is 9.90 Å². The quantitative estimate of drug-likeness (QED) is 0.607. The summed E-state index contributed by atoms with van der Waals surface area (Å²) in [6, 6.07) is 5.70. The summed E-state index contributed by atoms with van der Waals surface area (Å²) in [5.41, 5.74) is 2.09. The number of nitrogens with one attached hydrogen (secondary N) is 2. The largest absolute Gasteiger partial charge is 0.391 e. The van der Waals surface area contributed by atoms with Crippen molar-refractivity contribution in [3.8, 4) is 0 Å². The van der Waals surface area contributed by atoms with E-state index in [0.717, 1.165) is 15.3 Å². The maximum absolute atomic E-state index is 13.1. The second-order valence-corrected chi connectivity index (χ2v) is 7.87. The molecular formula is C19H22N6O2S. The van der Waals surface area contributed by atoms with Crippen molar-refractivity contribution in [1.82, 2.24) is 19.9 Å². The van der Waals surface area contributed by atoms with E-state index in [1.165, 1.54) is 11.3 Å². The van der Waals surface area contributed by atoms with Crippen LogP contribution in [0.15, 0.2) is 30.6 Å². The lowest BCUT2D eigenvalue weighted by molar-refractivity contribution is 0.0761. The number of hydrogen-bond acceptors (Lipinski definition) is 8. The molecule has 1 amide bonds. The molecule has 1 aliphatic rings. The minimum absolute atomic E-state index is 0.0647. The van der Waals surface area contributed by atoms with Gasteiger partial charge in [0, 0.05) is 32.5 Å². The van der Waals surface area contributed by atoms with Crippen LogP contribution >= 0.6 is 11.3 Å². The number of β-amino-alcohol motifs (C(OH)–C–C–N with tert-alkyl or cyclic N) is 1. The molecule has 2 atom stereocenters. The fourth-order valence-corrected chi connectivity index (χ4v) is 4.18. The van der Waals surface area contributed by atoms with Crippen molar-refractivity contribution in [3.05, 3.63) is 41.9 Å². The van der Waals surface area contributed by atoms with E-state index in [4.69, 9.17) is 0 Å². The fourth-order valence-electron chi connectivity index (χ4n) is 3.25. The Kier molecular flexibility index (Phi) is 5.10. The van der Waals surface area contributed by atoms with E-state index in [0.29, 0.717) is 36.7 Å². The van der Waals surface area contributed by atoms with Gasteiger partial charge in [-0.05, 0) is 31.0 Å². The number of pyridine rings is 1. The van der Waals surface area contributed by atoms with Gasteiger partial charge in [-0.2, -0.15) is 0 Å². The molecule has 1 unspecified atom stereocenters. The monoisotopic (exact) mass is 398 g/mol. The second kappa shape index (κ2) is 7.69. The zero-order chi connectivity index (χ0) is 19.7. The maximum atomic E-state index is 13.1. The van der Waals surface area contributed by atoms with Crippen molar-refractivity contribution in [2.75, 3.05) is 30.8 Å². The van der Waals surface area contributed by atoms with Crippen molar-refractivity contribution >= 4 is 38.4 Å².